The fraction of sp³-hybridized carbons (Fsp3) is 0.533. The zero-order valence-electron chi connectivity index (χ0n) is 26.2. The molecule has 47 heavy (non-hydrogen) atoms. The quantitative estimate of drug-likeness (QED) is 0.172. The van der Waals surface area contributed by atoms with Crippen LogP contribution in [-0.2, 0) is 36.6 Å². The summed E-state index contributed by atoms with van der Waals surface area (Å²) in [6.45, 7) is 0.932. The summed E-state index contributed by atoms with van der Waals surface area (Å²) >= 11 is 0. The smallest absolute Gasteiger partial charge is 0.386 e. The van der Waals surface area contributed by atoms with Gasteiger partial charge in [0.1, 0.15) is 6.61 Å². The number of benzene rings is 2. The van der Waals surface area contributed by atoms with E-state index in [1.54, 1.807) is 0 Å². The predicted molar refractivity (Wildman–Crippen MR) is 149 cm³/mol. The highest BCUT2D eigenvalue weighted by molar-refractivity contribution is 5.70. The van der Waals surface area contributed by atoms with Crippen LogP contribution >= 0.6 is 0 Å². The molecule has 0 aliphatic heterocycles. The van der Waals surface area contributed by atoms with Gasteiger partial charge in [0.05, 0.1) is 6.61 Å². The molecule has 5 nitrogen and oxygen atoms in total. The molecule has 17 heteroatoms. The van der Waals surface area contributed by atoms with E-state index in [0.717, 1.165) is 11.1 Å². The molecule has 1 unspecified atom stereocenters. The molecule has 0 fully saturated rings. The molecule has 0 spiro atoms. The van der Waals surface area contributed by atoms with E-state index in [4.69, 9.17) is 14.2 Å². The highest BCUT2D eigenvalue weighted by atomic mass is 19.4. The van der Waals surface area contributed by atoms with Gasteiger partial charge in [0.15, 0.2) is 6.10 Å². The van der Waals surface area contributed by atoms with Crippen LogP contribution in [0.4, 0.5) is 52.7 Å². The van der Waals surface area contributed by atoms with Crippen molar-refractivity contribution < 1.29 is 76.5 Å². The minimum atomic E-state index is -4.00. The molecule has 1 atom stereocenters. The Kier molecular flexibility index (Phi) is 25.1. The second kappa shape index (κ2) is 24.6. The average molecular weight is 707 g/mol. The van der Waals surface area contributed by atoms with Crippen molar-refractivity contribution in [1.82, 2.24) is 0 Å². The van der Waals surface area contributed by atoms with Crippen molar-refractivity contribution in [2.24, 2.45) is 0 Å². The standard InChI is InChI=1S/C22H26O5.4C2H3F3/c1-25-16-20(27-22(24)15-13-19-10-6-3-7-11-19)17-26-21(23)14-12-18-8-4-2-5-9-18;4*1-2(3,4)5/h2-11,20H,12-17H2,1H3;4*1H3. The van der Waals surface area contributed by atoms with Crippen molar-refractivity contribution >= 4 is 11.9 Å². The van der Waals surface area contributed by atoms with Crippen LogP contribution in [0.2, 0.25) is 0 Å². The minimum Gasteiger partial charge on any atom is -0.462 e. The van der Waals surface area contributed by atoms with Crippen LogP contribution in [-0.4, -0.2) is 63.1 Å². The Labute approximate surface area is 265 Å². The second-order valence-electron chi connectivity index (χ2n) is 9.35. The zero-order chi connectivity index (χ0) is 37.3. The summed E-state index contributed by atoms with van der Waals surface area (Å²) < 4.78 is 140. The van der Waals surface area contributed by atoms with Crippen LogP contribution < -0.4 is 0 Å². The highest BCUT2D eigenvalue weighted by Gasteiger charge is 2.18. The molecule has 0 saturated heterocycles. The minimum absolute atomic E-state index is 0.00145. The van der Waals surface area contributed by atoms with E-state index in [1.165, 1.54) is 7.11 Å². The summed E-state index contributed by atoms with van der Waals surface area (Å²) in [6.07, 6.45) is -14.8. The number of alkyl halides is 12. The summed E-state index contributed by atoms with van der Waals surface area (Å²) in [5, 5.41) is 0. The number of halogens is 12. The van der Waals surface area contributed by atoms with E-state index in [9.17, 15) is 62.3 Å². The van der Waals surface area contributed by atoms with Gasteiger partial charge in [-0.2, -0.15) is 52.7 Å². The lowest BCUT2D eigenvalue weighted by atomic mass is 10.1. The number of carbonyl (C=O) groups excluding carboxylic acids is 2. The molecule has 0 aromatic heterocycles. The van der Waals surface area contributed by atoms with Gasteiger partial charge in [0.2, 0.25) is 0 Å². The molecule has 0 amide bonds. The molecule has 0 N–H and O–H groups in total. The van der Waals surface area contributed by atoms with Gasteiger partial charge < -0.3 is 14.2 Å². The lowest BCUT2D eigenvalue weighted by Gasteiger charge is -2.17. The van der Waals surface area contributed by atoms with Crippen LogP contribution in [0.1, 0.15) is 51.7 Å². The molecule has 2 rings (SSSR count). The van der Waals surface area contributed by atoms with Crippen LogP contribution in [0.15, 0.2) is 60.7 Å². The Morgan fingerprint density at radius 2 is 0.851 bits per heavy atom. The molecule has 0 saturated carbocycles. The highest BCUT2D eigenvalue weighted by Crippen LogP contribution is 2.12. The number of hydrogen-bond acceptors (Lipinski definition) is 5. The van der Waals surface area contributed by atoms with Crippen LogP contribution in [0, 0.1) is 0 Å². The maximum Gasteiger partial charge on any atom is 0.386 e. The fourth-order valence-corrected chi connectivity index (χ4v) is 2.59. The Balaban J connectivity index is -0.000000784. The number of esters is 2. The predicted octanol–water partition coefficient (Wildman–Crippen LogP) is 9.63. The molecule has 2 aromatic carbocycles. The first-order chi connectivity index (χ1) is 21.2. The summed E-state index contributed by atoms with van der Waals surface area (Å²) in [6, 6.07) is 19.5. The van der Waals surface area contributed by atoms with Gasteiger partial charge in [-0.05, 0) is 24.0 Å². The van der Waals surface area contributed by atoms with Crippen LogP contribution in [0.25, 0.3) is 0 Å². The number of hydrogen-bond donors (Lipinski definition) is 0. The third-order valence-corrected chi connectivity index (χ3v) is 4.00. The van der Waals surface area contributed by atoms with E-state index in [-0.39, 0.29) is 65.7 Å². The lowest BCUT2D eigenvalue weighted by Crippen LogP contribution is -2.29. The Morgan fingerprint density at radius 3 is 1.15 bits per heavy atom. The normalized spacial score (nSPS) is 11.8. The number of ether oxygens (including phenoxy) is 3. The Bertz CT molecular complexity index is 981. The number of methoxy groups -OCH3 is 1. The molecular weight excluding hydrogens is 668 g/mol. The van der Waals surface area contributed by atoms with Gasteiger partial charge in [-0.1, -0.05) is 60.7 Å². The van der Waals surface area contributed by atoms with E-state index in [2.05, 4.69) is 0 Å². The molecule has 0 heterocycles. The SMILES string of the molecule is CC(F)(F)F.CC(F)(F)F.CC(F)(F)F.CC(F)(F)F.COCC(COC(=O)CCc1ccccc1)OC(=O)CCc1ccccc1. The summed E-state index contributed by atoms with van der Waals surface area (Å²) in [7, 11) is 1.52. The van der Waals surface area contributed by atoms with Crippen LogP contribution in [0.5, 0.6) is 0 Å². The molecular formula is C30H38F12O5. The lowest BCUT2D eigenvalue weighted by molar-refractivity contribution is -0.162. The van der Waals surface area contributed by atoms with Crippen molar-refractivity contribution in [3.05, 3.63) is 71.8 Å². The number of carbonyl (C=O) groups is 2. The third kappa shape index (κ3) is 58.6. The average Bonchev–Trinajstić information content (AvgIpc) is 2.87. The summed E-state index contributed by atoms with van der Waals surface area (Å²) in [5.74, 6) is -0.651. The van der Waals surface area contributed by atoms with Gasteiger partial charge >= 0.3 is 36.6 Å². The first-order valence-electron chi connectivity index (χ1n) is 13.4. The number of rotatable bonds is 11. The second-order valence-corrected chi connectivity index (χ2v) is 9.35. The van der Waals surface area contributed by atoms with Crippen molar-refractivity contribution in [1.29, 1.82) is 0 Å². The fourth-order valence-electron chi connectivity index (χ4n) is 2.59. The van der Waals surface area contributed by atoms with Gasteiger partial charge in [-0.15, -0.1) is 0 Å². The maximum atomic E-state index is 12.0. The largest absolute Gasteiger partial charge is 0.462 e. The molecule has 0 aliphatic rings. The first kappa shape index (κ1) is 47.9. The van der Waals surface area contributed by atoms with E-state index in [0.29, 0.717) is 12.8 Å². The van der Waals surface area contributed by atoms with Crippen molar-refractivity contribution in [3.8, 4) is 0 Å². The van der Waals surface area contributed by atoms with Gasteiger partial charge in [-0.25, -0.2) is 0 Å². The van der Waals surface area contributed by atoms with Gasteiger partial charge in [0.25, 0.3) is 0 Å². The Morgan fingerprint density at radius 1 is 0.553 bits per heavy atom. The summed E-state index contributed by atoms with van der Waals surface area (Å²) in [5.41, 5.74) is 2.15. The van der Waals surface area contributed by atoms with E-state index in [1.807, 2.05) is 60.7 Å². The van der Waals surface area contributed by atoms with Crippen molar-refractivity contribution in [3.63, 3.8) is 0 Å². The zero-order valence-corrected chi connectivity index (χ0v) is 26.2. The maximum absolute atomic E-state index is 12.0. The summed E-state index contributed by atoms with van der Waals surface area (Å²) in [4.78, 5) is 24.0. The Hall–Kier alpha value is -3.50. The monoisotopic (exact) mass is 706 g/mol. The molecule has 0 bridgehead atoms. The van der Waals surface area contributed by atoms with Crippen LogP contribution in [0.3, 0.4) is 0 Å². The van der Waals surface area contributed by atoms with E-state index >= 15 is 0 Å². The third-order valence-electron chi connectivity index (χ3n) is 4.00. The first-order valence-corrected chi connectivity index (χ1v) is 13.4. The topological polar surface area (TPSA) is 61.8 Å². The van der Waals surface area contributed by atoms with E-state index < -0.39 is 30.8 Å². The molecule has 0 radical (unpaired) electrons. The number of aryl methyl sites for hydroxylation is 2. The van der Waals surface area contributed by atoms with Crippen molar-refractivity contribution in [2.45, 2.75) is 84.2 Å². The van der Waals surface area contributed by atoms with Gasteiger partial charge in [0, 0.05) is 47.6 Å². The molecule has 272 valence electrons. The van der Waals surface area contributed by atoms with Gasteiger partial charge in [-0.3, -0.25) is 9.59 Å². The molecule has 0 aliphatic carbocycles. The van der Waals surface area contributed by atoms with Crippen molar-refractivity contribution in [2.75, 3.05) is 20.3 Å². The molecule has 2 aromatic rings.